The van der Waals surface area contributed by atoms with Crippen LogP contribution in [0.2, 0.25) is 0 Å². The van der Waals surface area contributed by atoms with Crippen LogP contribution < -0.4 is 5.32 Å². The lowest BCUT2D eigenvalue weighted by molar-refractivity contribution is -0.117. The summed E-state index contributed by atoms with van der Waals surface area (Å²) in [5.41, 5.74) is 4.54. The molecule has 1 heterocycles. The van der Waals surface area contributed by atoms with Crippen LogP contribution in [0.25, 0.3) is 5.69 Å². The molecule has 2 aromatic carbocycles. The van der Waals surface area contributed by atoms with Gasteiger partial charge in [-0.15, -0.1) is 0 Å². The van der Waals surface area contributed by atoms with Gasteiger partial charge in [0.2, 0.25) is 5.91 Å². The van der Waals surface area contributed by atoms with Crippen LogP contribution in [0.15, 0.2) is 54.6 Å². The number of aromatic nitrogens is 2. The van der Waals surface area contributed by atoms with Crippen LogP contribution in [0.4, 0.5) is 5.82 Å². The summed E-state index contributed by atoms with van der Waals surface area (Å²) in [4.78, 5) is 28.4. The third-order valence-electron chi connectivity index (χ3n) is 6.76. The first-order chi connectivity index (χ1) is 18.1. The Kier molecular flexibility index (Phi) is 10.3. The van der Waals surface area contributed by atoms with Gasteiger partial charge in [-0.3, -0.25) is 9.59 Å². The molecule has 2 amide bonds. The van der Waals surface area contributed by atoms with Crippen molar-refractivity contribution in [3.63, 3.8) is 0 Å². The standard InChI is InChI=1S/C32H44N4O2/c1-7-9-11-15-25-17-19-26(20-18-25)31(38)35(21-10-8-2)23-30(37)33-29-22-28(32(4,5)6)34-36(29)27-16-13-12-14-24(27)3/h12-14,16-20,22H,7-11,15,21,23H2,1-6H3,(H,33,37). The molecule has 0 spiro atoms. The van der Waals surface area contributed by atoms with Crippen molar-refractivity contribution in [1.82, 2.24) is 14.7 Å². The van der Waals surface area contributed by atoms with Crippen LogP contribution in [0.5, 0.6) is 0 Å². The fourth-order valence-corrected chi connectivity index (χ4v) is 4.35. The van der Waals surface area contributed by atoms with E-state index in [1.54, 1.807) is 9.58 Å². The van der Waals surface area contributed by atoms with Gasteiger partial charge in [0.15, 0.2) is 0 Å². The molecular formula is C32H44N4O2. The summed E-state index contributed by atoms with van der Waals surface area (Å²) >= 11 is 0. The third-order valence-corrected chi connectivity index (χ3v) is 6.76. The van der Waals surface area contributed by atoms with Crippen LogP contribution in [0.1, 0.15) is 93.9 Å². The summed E-state index contributed by atoms with van der Waals surface area (Å²) < 4.78 is 1.79. The lowest BCUT2D eigenvalue weighted by Gasteiger charge is -2.22. The second-order valence-electron chi connectivity index (χ2n) is 11.1. The average molecular weight is 517 g/mol. The second kappa shape index (κ2) is 13.4. The van der Waals surface area contributed by atoms with Crippen LogP contribution in [0.3, 0.4) is 0 Å². The molecule has 0 fully saturated rings. The SMILES string of the molecule is CCCCCc1ccc(C(=O)N(CCCC)CC(=O)Nc2cc(C(C)(C)C)nn2-c2ccccc2C)cc1. The van der Waals surface area contributed by atoms with E-state index in [0.717, 1.165) is 42.6 Å². The van der Waals surface area contributed by atoms with E-state index < -0.39 is 0 Å². The molecular weight excluding hydrogens is 472 g/mol. The highest BCUT2D eigenvalue weighted by Gasteiger charge is 2.24. The van der Waals surface area contributed by atoms with Gasteiger partial charge in [0, 0.05) is 23.6 Å². The number of carbonyl (C=O) groups excluding carboxylic acids is 2. The first kappa shape index (κ1) is 29.2. The Morgan fingerprint density at radius 3 is 2.26 bits per heavy atom. The van der Waals surface area contributed by atoms with Gasteiger partial charge in [-0.25, -0.2) is 4.68 Å². The Morgan fingerprint density at radius 1 is 0.947 bits per heavy atom. The maximum absolute atomic E-state index is 13.4. The van der Waals surface area contributed by atoms with Gasteiger partial charge in [0.25, 0.3) is 5.91 Å². The quantitative estimate of drug-likeness (QED) is 0.261. The number of hydrogen-bond acceptors (Lipinski definition) is 3. The normalized spacial score (nSPS) is 11.4. The molecule has 0 unspecified atom stereocenters. The van der Waals surface area contributed by atoms with Gasteiger partial charge < -0.3 is 10.2 Å². The fraction of sp³-hybridized carbons (Fsp3) is 0.469. The van der Waals surface area contributed by atoms with Gasteiger partial charge in [0.1, 0.15) is 12.4 Å². The molecule has 0 aliphatic carbocycles. The molecule has 3 aromatic rings. The topological polar surface area (TPSA) is 67.2 Å². The van der Waals surface area contributed by atoms with Crippen molar-refractivity contribution in [3.05, 3.63) is 77.0 Å². The highest BCUT2D eigenvalue weighted by Crippen LogP contribution is 2.27. The molecule has 6 heteroatoms. The van der Waals surface area contributed by atoms with Crippen molar-refractivity contribution in [2.75, 3.05) is 18.4 Å². The molecule has 1 N–H and O–H groups in total. The number of carbonyl (C=O) groups is 2. The average Bonchev–Trinajstić information content (AvgIpc) is 3.31. The number of rotatable bonds is 12. The zero-order valence-corrected chi connectivity index (χ0v) is 24.0. The maximum atomic E-state index is 13.4. The highest BCUT2D eigenvalue weighted by molar-refractivity contribution is 5.99. The molecule has 3 rings (SSSR count). The number of amides is 2. The lowest BCUT2D eigenvalue weighted by atomic mass is 9.92. The van der Waals surface area contributed by atoms with E-state index in [1.807, 2.05) is 61.5 Å². The minimum absolute atomic E-state index is 0.0130. The van der Waals surface area contributed by atoms with Gasteiger partial charge in [0.05, 0.1) is 11.4 Å². The predicted octanol–water partition coefficient (Wildman–Crippen LogP) is 7.09. The molecule has 38 heavy (non-hydrogen) atoms. The summed E-state index contributed by atoms with van der Waals surface area (Å²) in [6.45, 7) is 13.1. The number of aryl methyl sites for hydroxylation is 2. The molecule has 0 aliphatic heterocycles. The highest BCUT2D eigenvalue weighted by atomic mass is 16.2. The van der Waals surface area contributed by atoms with Gasteiger partial charge in [-0.1, -0.05) is 84.2 Å². The predicted molar refractivity (Wildman–Crippen MR) is 156 cm³/mol. The van der Waals surface area contributed by atoms with Crippen LogP contribution in [-0.4, -0.2) is 39.6 Å². The molecule has 0 radical (unpaired) electrons. The maximum Gasteiger partial charge on any atom is 0.254 e. The Labute approximate surface area is 228 Å². The van der Waals surface area contributed by atoms with Crippen molar-refractivity contribution in [2.24, 2.45) is 0 Å². The van der Waals surface area contributed by atoms with E-state index in [4.69, 9.17) is 5.10 Å². The van der Waals surface area contributed by atoms with Crippen LogP contribution >= 0.6 is 0 Å². The molecule has 0 saturated carbocycles. The number of hydrogen-bond donors (Lipinski definition) is 1. The van der Waals surface area contributed by atoms with Crippen molar-refractivity contribution in [3.8, 4) is 5.69 Å². The second-order valence-corrected chi connectivity index (χ2v) is 11.1. The van der Waals surface area contributed by atoms with Crippen LogP contribution in [0, 0.1) is 6.92 Å². The first-order valence-corrected chi connectivity index (χ1v) is 14.0. The van der Waals surface area contributed by atoms with Crippen molar-refractivity contribution in [1.29, 1.82) is 0 Å². The van der Waals surface area contributed by atoms with Crippen molar-refractivity contribution in [2.45, 2.75) is 85.5 Å². The molecule has 0 saturated heterocycles. The van der Waals surface area contributed by atoms with E-state index in [1.165, 1.54) is 18.4 Å². The number of unbranched alkanes of at least 4 members (excludes halogenated alkanes) is 3. The molecule has 6 nitrogen and oxygen atoms in total. The number of nitrogens with one attached hydrogen (secondary N) is 1. The first-order valence-electron chi connectivity index (χ1n) is 14.0. The van der Waals surface area contributed by atoms with Gasteiger partial charge in [-0.2, -0.15) is 5.10 Å². The summed E-state index contributed by atoms with van der Waals surface area (Å²) in [5.74, 6) is 0.255. The van der Waals surface area contributed by atoms with Crippen molar-refractivity contribution >= 4 is 17.6 Å². The molecule has 0 bridgehead atoms. The minimum atomic E-state index is -0.235. The number of benzene rings is 2. The Morgan fingerprint density at radius 2 is 1.63 bits per heavy atom. The Balaban J connectivity index is 1.79. The van der Waals surface area contributed by atoms with Crippen molar-refractivity contribution < 1.29 is 9.59 Å². The van der Waals surface area contributed by atoms with Crippen LogP contribution in [-0.2, 0) is 16.6 Å². The summed E-state index contributed by atoms with van der Waals surface area (Å²) in [6.07, 6.45) is 6.35. The third kappa shape index (κ3) is 7.80. The number of para-hydroxylation sites is 1. The smallest absolute Gasteiger partial charge is 0.254 e. The van der Waals surface area contributed by atoms with E-state index >= 15 is 0 Å². The molecule has 0 aliphatic rings. The summed E-state index contributed by atoms with van der Waals surface area (Å²) in [5, 5.41) is 7.88. The van der Waals surface area contributed by atoms with E-state index in [2.05, 4.69) is 39.9 Å². The Hall–Kier alpha value is -3.41. The van der Waals surface area contributed by atoms with E-state index in [9.17, 15) is 9.59 Å². The van der Waals surface area contributed by atoms with Gasteiger partial charge >= 0.3 is 0 Å². The summed E-state index contributed by atoms with van der Waals surface area (Å²) in [7, 11) is 0. The fourth-order valence-electron chi connectivity index (χ4n) is 4.35. The summed E-state index contributed by atoms with van der Waals surface area (Å²) in [6, 6.07) is 17.8. The zero-order valence-electron chi connectivity index (χ0n) is 24.0. The number of nitrogens with zero attached hydrogens (tertiary/aromatic N) is 3. The molecule has 0 atom stereocenters. The van der Waals surface area contributed by atoms with Gasteiger partial charge in [-0.05, 0) is 55.5 Å². The zero-order chi connectivity index (χ0) is 27.7. The monoisotopic (exact) mass is 516 g/mol. The lowest BCUT2D eigenvalue weighted by Crippen LogP contribution is -2.39. The Bertz CT molecular complexity index is 1200. The number of anilines is 1. The largest absolute Gasteiger partial charge is 0.329 e. The minimum Gasteiger partial charge on any atom is -0.329 e. The van der Waals surface area contributed by atoms with E-state index in [0.29, 0.717) is 17.9 Å². The molecule has 204 valence electrons. The van der Waals surface area contributed by atoms with E-state index in [-0.39, 0.29) is 23.8 Å². The molecule has 1 aromatic heterocycles.